The Morgan fingerprint density at radius 1 is 1.11 bits per heavy atom. The minimum absolute atomic E-state index is 0.0201. The highest BCUT2D eigenvalue weighted by Gasteiger charge is 2.26. The molecule has 2 aromatic rings. The topological polar surface area (TPSA) is 86.5 Å². The van der Waals surface area contributed by atoms with Crippen molar-refractivity contribution in [2.24, 2.45) is 5.92 Å². The Hall–Kier alpha value is -2.45. The minimum atomic E-state index is -0.0201. The van der Waals surface area contributed by atoms with E-state index in [9.17, 15) is 4.79 Å². The van der Waals surface area contributed by atoms with Gasteiger partial charge in [-0.2, -0.15) is 0 Å². The van der Waals surface area contributed by atoms with Crippen LogP contribution in [0.1, 0.15) is 18.7 Å². The molecule has 8 nitrogen and oxygen atoms in total. The van der Waals surface area contributed by atoms with Gasteiger partial charge < -0.3 is 24.8 Å². The Morgan fingerprint density at radius 2 is 1.89 bits per heavy atom. The molecule has 1 saturated heterocycles. The van der Waals surface area contributed by atoms with Crippen LogP contribution in [0.25, 0.3) is 11.4 Å². The number of carbonyl (C=O) groups excluding carboxylic acids is 1. The second-order valence-corrected chi connectivity index (χ2v) is 7.57. The average Bonchev–Trinajstić information content (AvgIpc) is 3.17. The number of nitrogens with one attached hydrogen (secondary N) is 1. The van der Waals surface area contributed by atoms with Crippen molar-refractivity contribution in [2.75, 3.05) is 39.3 Å². The lowest BCUT2D eigenvalue weighted by Crippen LogP contribution is -2.46. The van der Waals surface area contributed by atoms with Gasteiger partial charge in [0.2, 0.25) is 0 Å². The maximum Gasteiger partial charge on any atom is 0.317 e. The fraction of sp³-hybridized carbons (Fsp3) is 0.550. The van der Waals surface area contributed by atoms with Crippen molar-refractivity contribution in [2.45, 2.75) is 25.9 Å². The van der Waals surface area contributed by atoms with Crippen LogP contribution in [0, 0.1) is 5.92 Å². The van der Waals surface area contributed by atoms with Crippen molar-refractivity contribution in [1.82, 2.24) is 29.9 Å². The highest BCUT2D eigenvalue weighted by Crippen LogP contribution is 2.21. The smallest absolute Gasteiger partial charge is 0.317 e. The predicted molar refractivity (Wildman–Crippen MR) is 106 cm³/mol. The third-order valence-electron chi connectivity index (χ3n) is 5.74. The fourth-order valence-electron chi connectivity index (χ4n) is 4.03. The van der Waals surface area contributed by atoms with Gasteiger partial charge in [-0.25, -0.2) is 4.79 Å². The van der Waals surface area contributed by atoms with Gasteiger partial charge in [0.1, 0.15) is 0 Å². The van der Waals surface area contributed by atoms with E-state index in [0.29, 0.717) is 32.1 Å². The summed E-state index contributed by atoms with van der Waals surface area (Å²) in [5.41, 5.74) is 1.05. The molecule has 0 atom stereocenters. The molecule has 0 aliphatic carbocycles. The molecule has 2 aliphatic rings. The molecule has 1 aromatic heterocycles. The SMILES string of the molecule is O=C(NCC1CCN(CCO)CC1)N1CCn2c(nnc2-c2ccccc2)C1. The van der Waals surface area contributed by atoms with Crippen LogP contribution in [0.2, 0.25) is 0 Å². The molecule has 2 amide bonds. The number of amides is 2. The molecule has 150 valence electrons. The van der Waals surface area contributed by atoms with Crippen LogP contribution in [-0.2, 0) is 13.1 Å². The summed E-state index contributed by atoms with van der Waals surface area (Å²) >= 11 is 0. The van der Waals surface area contributed by atoms with Gasteiger partial charge in [-0.3, -0.25) is 0 Å². The largest absolute Gasteiger partial charge is 0.395 e. The molecular formula is C20H28N6O2. The third kappa shape index (κ3) is 4.18. The molecule has 1 fully saturated rings. The van der Waals surface area contributed by atoms with Crippen molar-refractivity contribution in [3.63, 3.8) is 0 Å². The van der Waals surface area contributed by atoms with Gasteiger partial charge in [-0.05, 0) is 31.8 Å². The first kappa shape index (κ1) is 18.9. The summed E-state index contributed by atoms with van der Waals surface area (Å²) < 4.78 is 2.11. The van der Waals surface area contributed by atoms with E-state index in [1.807, 2.05) is 35.2 Å². The number of likely N-dealkylation sites (tertiary alicyclic amines) is 1. The lowest BCUT2D eigenvalue weighted by Gasteiger charge is -2.32. The summed E-state index contributed by atoms with van der Waals surface area (Å²) in [7, 11) is 0. The van der Waals surface area contributed by atoms with Crippen LogP contribution in [0.15, 0.2) is 30.3 Å². The predicted octanol–water partition coefficient (Wildman–Crippen LogP) is 1.17. The highest BCUT2D eigenvalue weighted by molar-refractivity contribution is 5.74. The Labute approximate surface area is 165 Å². The van der Waals surface area contributed by atoms with E-state index < -0.39 is 0 Å². The van der Waals surface area contributed by atoms with Gasteiger partial charge in [0.15, 0.2) is 11.6 Å². The lowest BCUT2D eigenvalue weighted by molar-refractivity contribution is 0.143. The van der Waals surface area contributed by atoms with Crippen LogP contribution >= 0.6 is 0 Å². The Kier molecular flexibility index (Phi) is 5.87. The Morgan fingerprint density at radius 3 is 2.64 bits per heavy atom. The van der Waals surface area contributed by atoms with Crippen molar-refractivity contribution >= 4 is 6.03 Å². The first-order valence-electron chi connectivity index (χ1n) is 10.1. The molecule has 28 heavy (non-hydrogen) atoms. The van der Waals surface area contributed by atoms with E-state index in [0.717, 1.165) is 49.7 Å². The monoisotopic (exact) mass is 384 g/mol. The maximum absolute atomic E-state index is 12.6. The lowest BCUT2D eigenvalue weighted by atomic mass is 9.97. The molecule has 0 saturated carbocycles. The van der Waals surface area contributed by atoms with Crippen LogP contribution in [-0.4, -0.2) is 75.0 Å². The van der Waals surface area contributed by atoms with Crippen LogP contribution in [0.5, 0.6) is 0 Å². The van der Waals surface area contributed by atoms with Gasteiger partial charge in [-0.1, -0.05) is 30.3 Å². The molecule has 1 aromatic carbocycles. The Balaban J connectivity index is 1.29. The number of urea groups is 1. The zero-order valence-electron chi connectivity index (χ0n) is 16.1. The highest BCUT2D eigenvalue weighted by atomic mass is 16.3. The summed E-state index contributed by atoms with van der Waals surface area (Å²) in [6.45, 7) is 5.52. The number of nitrogens with zero attached hydrogens (tertiary/aromatic N) is 5. The molecular weight excluding hydrogens is 356 g/mol. The number of carbonyl (C=O) groups is 1. The number of benzene rings is 1. The first-order valence-corrected chi connectivity index (χ1v) is 10.1. The van der Waals surface area contributed by atoms with Crippen molar-refractivity contribution in [3.05, 3.63) is 36.2 Å². The van der Waals surface area contributed by atoms with Crippen molar-refractivity contribution in [3.8, 4) is 11.4 Å². The van der Waals surface area contributed by atoms with Crippen LogP contribution in [0.4, 0.5) is 4.79 Å². The molecule has 0 spiro atoms. The number of aliphatic hydroxyl groups is 1. The number of piperidine rings is 1. The zero-order chi connectivity index (χ0) is 19.3. The van der Waals surface area contributed by atoms with E-state index in [1.165, 1.54) is 0 Å². The second-order valence-electron chi connectivity index (χ2n) is 7.57. The standard InChI is InChI=1S/C20H28N6O2/c27-13-12-24-8-6-16(7-9-24)14-21-20(28)25-10-11-26-18(15-25)22-23-19(26)17-4-2-1-3-5-17/h1-5,16,27H,6-15H2,(H,21,28). The fourth-order valence-corrected chi connectivity index (χ4v) is 4.03. The van der Waals surface area contributed by atoms with Crippen LogP contribution in [0.3, 0.4) is 0 Å². The van der Waals surface area contributed by atoms with E-state index in [1.54, 1.807) is 0 Å². The normalized spacial score (nSPS) is 18.1. The molecule has 8 heteroatoms. The van der Waals surface area contributed by atoms with Crippen molar-refractivity contribution < 1.29 is 9.90 Å². The summed E-state index contributed by atoms with van der Waals surface area (Å²) in [6, 6.07) is 10.0. The van der Waals surface area contributed by atoms with E-state index in [-0.39, 0.29) is 12.6 Å². The zero-order valence-corrected chi connectivity index (χ0v) is 16.1. The molecule has 3 heterocycles. The quantitative estimate of drug-likeness (QED) is 0.808. The number of hydrogen-bond donors (Lipinski definition) is 2. The van der Waals surface area contributed by atoms with Gasteiger partial charge in [-0.15, -0.1) is 10.2 Å². The van der Waals surface area contributed by atoms with Crippen molar-refractivity contribution in [1.29, 1.82) is 0 Å². The van der Waals surface area contributed by atoms with E-state index >= 15 is 0 Å². The van der Waals surface area contributed by atoms with E-state index in [2.05, 4.69) is 25.0 Å². The third-order valence-corrected chi connectivity index (χ3v) is 5.74. The average molecular weight is 384 g/mol. The van der Waals surface area contributed by atoms with E-state index in [4.69, 9.17) is 5.11 Å². The molecule has 4 rings (SSSR count). The molecule has 2 N–H and O–H groups in total. The maximum atomic E-state index is 12.6. The second kappa shape index (κ2) is 8.70. The number of fused-ring (bicyclic) bond motifs is 1. The first-order chi connectivity index (χ1) is 13.7. The van der Waals surface area contributed by atoms with Gasteiger partial charge in [0.25, 0.3) is 0 Å². The summed E-state index contributed by atoms with van der Waals surface area (Å²) in [5, 5.41) is 20.8. The molecule has 0 radical (unpaired) electrons. The van der Waals surface area contributed by atoms with Gasteiger partial charge >= 0.3 is 6.03 Å². The summed E-state index contributed by atoms with van der Waals surface area (Å²) in [4.78, 5) is 16.7. The Bertz CT molecular complexity index is 785. The summed E-state index contributed by atoms with van der Waals surface area (Å²) in [6.07, 6.45) is 2.13. The number of β-amino-alcohol motifs (C(OH)–C–C–N with tert-alkyl or cyclic N) is 1. The number of rotatable bonds is 5. The summed E-state index contributed by atoms with van der Waals surface area (Å²) in [5.74, 6) is 2.21. The van der Waals surface area contributed by atoms with Gasteiger partial charge in [0.05, 0.1) is 13.2 Å². The van der Waals surface area contributed by atoms with Crippen LogP contribution < -0.4 is 5.32 Å². The molecule has 0 unspecified atom stereocenters. The number of aromatic nitrogens is 3. The number of hydrogen-bond acceptors (Lipinski definition) is 5. The molecule has 2 aliphatic heterocycles. The molecule has 0 bridgehead atoms. The minimum Gasteiger partial charge on any atom is -0.395 e. The van der Waals surface area contributed by atoms with Gasteiger partial charge in [0, 0.05) is 31.7 Å². The number of aliphatic hydroxyl groups excluding tert-OH is 1.